The number of benzene rings is 2. The molecule has 0 bridgehead atoms. The molecule has 104 valence electrons. The Morgan fingerprint density at radius 1 is 1.14 bits per heavy atom. The maximum atomic E-state index is 12.2. The van der Waals surface area contributed by atoms with Crippen LogP contribution in [0.15, 0.2) is 54.6 Å². The summed E-state index contributed by atoms with van der Waals surface area (Å²) in [4.78, 5) is 12.2. The van der Waals surface area contributed by atoms with E-state index in [4.69, 9.17) is 15.9 Å². The van der Waals surface area contributed by atoms with Gasteiger partial charge in [-0.05, 0) is 13.0 Å². The third kappa shape index (κ3) is 2.10. The predicted molar refractivity (Wildman–Crippen MR) is 78.5 cm³/mol. The van der Waals surface area contributed by atoms with E-state index in [1.807, 2.05) is 42.5 Å². The number of rotatable bonds is 3. The highest BCUT2D eigenvalue weighted by molar-refractivity contribution is 5.95. The first-order valence-corrected chi connectivity index (χ1v) is 6.69. The second-order valence-electron chi connectivity index (χ2n) is 4.84. The average Bonchev–Trinajstić information content (AvgIpc) is 2.82. The zero-order chi connectivity index (χ0) is 14.9. The fourth-order valence-electron chi connectivity index (χ4n) is 2.50. The normalized spacial score (nSPS) is 21.2. The molecule has 1 aliphatic rings. The summed E-state index contributed by atoms with van der Waals surface area (Å²) in [6, 6.07) is 16.6. The highest BCUT2D eigenvalue weighted by Crippen LogP contribution is 2.43. The lowest BCUT2D eigenvalue weighted by molar-refractivity contribution is -0.186. The summed E-state index contributed by atoms with van der Waals surface area (Å²) in [6.07, 6.45) is 4.93. The molecular weight excluding hydrogens is 264 g/mol. The maximum absolute atomic E-state index is 12.2. The summed E-state index contributed by atoms with van der Waals surface area (Å²) in [5, 5.41) is 0. The minimum Gasteiger partial charge on any atom is -0.420 e. The number of fused-ring (bicyclic) bond motifs is 1. The molecule has 0 amide bonds. The van der Waals surface area contributed by atoms with Crippen molar-refractivity contribution in [2.75, 3.05) is 0 Å². The maximum Gasteiger partial charge on any atom is 0.341 e. The van der Waals surface area contributed by atoms with Gasteiger partial charge in [-0.2, -0.15) is 0 Å². The lowest BCUT2D eigenvalue weighted by Gasteiger charge is -2.30. The molecule has 3 heteroatoms. The zero-order valence-corrected chi connectivity index (χ0v) is 11.6. The van der Waals surface area contributed by atoms with Crippen LogP contribution in [-0.4, -0.2) is 12.1 Å². The van der Waals surface area contributed by atoms with Crippen LogP contribution in [0.1, 0.15) is 28.4 Å². The van der Waals surface area contributed by atoms with Gasteiger partial charge in [-0.25, -0.2) is 4.79 Å². The Balaban J connectivity index is 2.20. The first-order valence-electron chi connectivity index (χ1n) is 6.69. The van der Waals surface area contributed by atoms with Crippen molar-refractivity contribution >= 4 is 5.97 Å². The molecule has 0 spiro atoms. The number of hydrogen-bond donors (Lipinski definition) is 0. The van der Waals surface area contributed by atoms with Gasteiger partial charge in [0.05, 0.1) is 5.56 Å². The standard InChI is InChI=1S/C18H14O3/c1-3-13(2)20-18(14-9-5-4-6-10-14)16-12-8-7-11-15(16)17(19)21-18/h1,4-13H,2H3. The molecule has 0 N–H and O–H groups in total. The number of ether oxygens (including phenoxy) is 2. The Hall–Kier alpha value is -2.57. The van der Waals surface area contributed by atoms with Gasteiger partial charge in [-0.15, -0.1) is 6.42 Å². The molecular formula is C18H14O3. The van der Waals surface area contributed by atoms with E-state index in [1.165, 1.54) is 0 Å². The molecule has 0 aliphatic carbocycles. The first kappa shape index (κ1) is 13.4. The molecule has 3 rings (SSSR count). The van der Waals surface area contributed by atoms with Crippen LogP contribution < -0.4 is 0 Å². The summed E-state index contributed by atoms with van der Waals surface area (Å²) >= 11 is 0. The van der Waals surface area contributed by atoms with E-state index < -0.39 is 17.9 Å². The van der Waals surface area contributed by atoms with Gasteiger partial charge in [0.2, 0.25) is 0 Å². The lowest BCUT2D eigenvalue weighted by Crippen LogP contribution is -2.34. The number of carbonyl (C=O) groups is 1. The van der Waals surface area contributed by atoms with E-state index in [1.54, 1.807) is 19.1 Å². The molecule has 1 aliphatic heterocycles. The smallest absolute Gasteiger partial charge is 0.341 e. The monoisotopic (exact) mass is 278 g/mol. The highest BCUT2D eigenvalue weighted by atomic mass is 16.7. The fraction of sp³-hybridized carbons (Fsp3) is 0.167. The number of cyclic esters (lactones) is 1. The minimum absolute atomic E-state index is 0.404. The molecule has 2 unspecified atom stereocenters. The third-order valence-electron chi connectivity index (χ3n) is 3.47. The van der Waals surface area contributed by atoms with Crippen molar-refractivity contribution in [1.29, 1.82) is 0 Å². The number of carbonyl (C=O) groups excluding carboxylic acids is 1. The van der Waals surface area contributed by atoms with Crippen LogP contribution >= 0.6 is 0 Å². The molecule has 1 heterocycles. The SMILES string of the molecule is C#CC(C)OC1(c2ccccc2)OC(=O)c2ccccc21. The van der Waals surface area contributed by atoms with Crippen LogP contribution in [0.2, 0.25) is 0 Å². The van der Waals surface area contributed by atoms with Gasteiger partial charge in [0.15, 0.2) is 0 Å². The van der Waals surface area contributed by atoms with Crippen LogP contribution in [-0.2, 0) is 15.3 Å². The molecule has 3 nitrogen and oxygen atoms in total. The van der Waals surface area contributed by atoms with Gasteiger partial charge < -0.3 is 9.47 Å². The molecule has 0 saturated carbocycles. The van der Waals surface area contributed by atoms with E-state index in [0.29, 0.717) is 11.1 Å². The molecule has 0 fully saturated rings. The van der Waals surface area contributed by atoms with Crippen molar-refractivity contribution in [3.05, 3.63) is 71.3 Å². The van der Waals surface area contributed by atoms with Crippen molar-refractivity contribution in [2.24, 2.45) is 0 Å². The summed E-state index contributed by atoms with van der Waals surface area (Å²) < 4.78 is 11.6. The first-order chi connectivity index (χ1) is 10.2. The summed E-state index contributed by atoms with van der Waals surface area (Å²) in [5.74, 6) is 0.837. The Morgan fingerprint density at radius 3 is 2.52 bits per heavy atom. The second-order valence-corrected chi connectivity index (χ2v) is 4.84. The molecule has 2 atom stereocenters. The number of esters is 1. The summed E-state index contributed by atoms with van der Waals surface area (Å²) in [7, 11) is 0. The van der Waals surface area contributed by atoms with Gasteiger partial charge in [0.25, 0.3) is 5.79 Å². The van der Waals surface area contributed by atoms with E-state index in [2.05, 4.69) is 5.92 Å². The van der Waals surface area contributed by atoms with E-state index in [9.17, 15) is 4.79 Å². The fourth-order valence-corrected chi connectivity index (χ4v) is 2.50. The van der Waals surface area contributed by atoms with Crippen LogP contribution in [0, 0.1) is 12.3 Å². The van der Waals surface area contributed by atoms with Gasteiger partial charge in [0.1, 0.15) is 6.10 Å². The zero-order valence-electron chi connectivity index (χ0n) is 11.6. The number of terminal acetylenes is 1. The van der Waals surface area contributed by atoms with Gasteiger partial charge in [0, 0.05) is 11.1 Å². The molecule has 0 aromatic heterocycles. The van der Waals surface area contributed by atoms with Gasteiger partial charge >= 0.3 is 5.97 Å². The van der Waals surface area contributed by atoms with Crippen LogP contribution in [0.25, 0.3) is 0 Å². The number of hydrogen-bond acceptors (Lipinski definition) is 3. The van der Waals surface area contributed by atoms with Crippen LogP contribution in [0.5, 0.6) is 0 Å². The Morgan fingerprint density at radius 2 is 1.81 bits per heavy atom. The van der Waals surface area contributed by atoms with Crippen molar-refractivity contribution in [2.45, 2.75) is 18.8 Å². The lowest BCUT2D eigenvalue weighted by atomic mass is 9.95. The predicted octanol–water partition coefficient (Wildman–Crippen LogP) is 3.10. The van der Waals surface area contributed by atoms with Crippen molar-refractivity contribution in [3.8, 4) is 12.3 Å². The van der Waals surface area contributed by atoms with Crippen LogP contribution in [0.4, 0.5) is 0 Å². The Bertz CT molecular complexity index is 715. The Labute approximate surface area is 123 Å². The molecule has 2 aromatic carbocycles. The average molecular weight is 278 g/mol. The topological polar surface area (TPSA) is 35.5 Å². The van der Waals surface area contributed by atoms with Crippen molar-refractivity contribution < 1.29 is 14.3 Å². The largest absolute Gasteiger partial charge is 0.420 e. The van der Waals surface area contributed by atoms with Gasteiger partial charge in [-0.1, -0.05) is 54.5 Å². The third-order valence-corrected chi connectivity index (χ3v) is 3.47. The van der Waals surface area contributed by atoms with Crippen molar-refractivity contribution in [3.63, 3.8) is 0 Å². The molecule has 0 radical (unpaired) electrons. The molecule has 21 heavy (non-hydrogen) atoms. The Kier molecular flexibility index (Phi) is 3.25. The van der Waals surface area contributed by atoms with E-state index in [-0.39, 0.29) is 0 Å². The summed E-state index contributed by atoms with van der Waals surface area (Å²) in [6.45, 7) is 1.75. The van der Waals surface area contributed by atoms with Crippen molar-refractivity contribution in [1.82, 2.24) is 0 Å². The summed E-state index contributed by atoms with van der Waals surface area (Å²) in [5.41, 5.74) is 1.93. The highest BCUT2D eigenvalue weighted by Gasteiger charge is 2.49. The quantitative estimate of drug-likeness (QED) is 0.639. The minimum atomic E-state index is -1.28. The van der Waals surface area contributed by atoms with E-state index in [0.717, 1.165) is 5.56 Å². The molecule has 2 aromatic rings. The molecule has 0 saturated heterocycles. The van der Waals surface area contributed by atoms with E-state index >= 15 is 0 Å². The second kappa shape index (κ2) is 5.08. The van der Waals surface area contributed by atoms with Crippen LogP contribution in [0.3, 0.4) is 0 Å². The van der Waals surface area contributed by atoms with Gasteiger partial charge in [-0.3, -0.25) is 0 Å².